The van der Waals surface area contributed by atoms with Crippen LogP contribution < -0.4 is 0 Å². The zero-order valence-electron chi connectivity index (χ0n) is 19.8. The van der Waals surface area contributed by atoms with E-state index in [0.29, 0.717) is 6.54 Å². The van der Waals surface area contributed by atoms with Gasteiger partial charge in [-0.15, -0.1) is 0 Å². The Morgan fingerprint density at radius 3 is 2.03 bits per heavy atom. The van der Waals surface area contributed by atoms with Crippen molar-refractivity contribution < 1.29 is 33.3 Å². The number of amides is 2. The number of methoxy groups -OCH3 is 3. The minimum absolute atomic E-state index is 0.165. The summed E-state index contributed by atoms with van der Waals surface area (Å²) in [6.07, 6.45) is -0.693. The maximum atomic E-state index is 12.8. The fraction of sp³-hybridized carbons (Fsp3) is 0.857. The molecule has 0 bridgehead atoms. The summed E-state index contributed by atoms with van der Waals surface area (Å²) in [6.45, 7) is 11.9. The Morgan fingerprint density at radius 1 is 1.00 bits per heavy atom. The van der Waals surface area contributed by atoms with Crippen LogP contribution in [0.5, 0.6) is 0 Å². The molecule has 0 N–H and O–H groups in total. The van der Waals surface area contributed by atoms with Gasteiger partial charge in [-0.25, -0.2) is 9.59 Å². The number of hydrogen-bond acceptors (Lipinski definition) is 7. The molecule has 0 aliphatic carbocycles. The molecule has 0 aromatic carbocycles. The molecule has 174 valence electrons. The number of rotatable bonds is 7. The third-order valence-electron chi connectivity index (χ3n) is 5.40. The number of carbonyl (C=O) groups excluding carboxylic acids is 3. The molecule has 0 aromatic rings. The molecule has 30 heavy (non-hydrogen) atoms. The van der Waals surface area contributed by atoms with Gasteiger partial charge in [0.15, 0.2) is 0 Å². The van der Waals surface area contributed by atoms with Gasteiger partial charge in [-0.05, 0) is 20.3 Å². The molecule has 3 atom stereocenters. The monoisotopic (exact) mass is 430 g/mol. The van der Waals surface area contributed by atoms with Crippen molar-refractivity contribution in [2.45, 2.75) is 72.8 Å². The Morgan fingerprint density at radius 2 is 1.60 bits per heavy atom. The van der Waals surface area contributed by atoms with Crippen molar-refractivity contribution >= 4 is 18.2 Å². The minimum Gasteiger partial charge on any atom is -0.469 e. The first-order valence-corrected chi connectivity index (χ1v) is 10.3. The summed E-state index contributed by atoms with van der Waals surface area (Å²) in [7, 11) is 3.92. The van der Waals surface area contributed by atoms with E-state index >= 15 is 0 Å². The zero-order valence-corrected chi connectivity index (χ0v) is 19.8. The van der Waals surface area contributed by atoms with Crippen LogP contribution in [0.3, 0.4) is 0 Å². The van der Waals surface area contributed by atoms with Crippen LogP contribution in [0.25, 0.3) is 0 Å². The van der Waals surface area contributed by atoms with E-state index in [-0.39, 0.29) is 6.54 Å². The fourth-order valence-electron chi connectivity index (χ4n) is 3.86. The molecule has 1 aliphatic rings. The second-order valence-electron chi connectivity index (χ2n) is 9.20. The number of esters is 1. The Balaban J connectivity index is 3.46. The third kappa shape index (κ3) is 5.56. The van der Waals surface area contributed by atoms with Gasteiger partial charge in [-0.1, -0.05) is 34.1 Å². The highest BCUT2D eigenvalue weighted by molar-refractivity contribution is 5.79. The topological polar surface area (TPSA) is 94.6 Å². The maximum absolute atomic E-state index is 12.8. The van der Waals surface area contributed by atoms with Crippen molar-refractivity contribution in [3.63, 3.8) is 0 Å². The van der Waals surface area contributed by atoms with Gasteiger partial charge in [-0.3, -0.25) is 9.69 Å². The maximum Gasteiger partial charge on any atom is 0.411 e. The van der Waals surface area contributed by atoms with Gasteiger partial charge >= 0.3 is 18.2 Å². The molecule has 1 heterocycles. The average molecular weight is 431 g/mol. The summed E-state index contributed by atoms with van der Waals surface area (Å²) in [4.78, 5) is 40.8. The van der Waals surface area contributed by atoms with Crippen molar-refractivity contribution in [2.75, 3.05) is 34.4 Å². The van der Waals surface area contributed by atoms with E-state index in [4.69, 9.17) is 18.9 Å². The summed E-state index contributed by atoms with van der Waals surface area (Å²) < 4.78 is 21.3. The highest BCUT2D eigenvalue weighted by atomic mass is 16.6. The lowest BCUT2D eigenvalue weighted by molar-refractivity contribution is -0.154. The fourth-order valence-corrected chi connectivity index (χ4v) is 3.86. The molecule has 1 saturated heterocycles. The van der Waals surface area contributed by atoms with Crippen molar-refractivity contribution in [1.82, 2.24) is 9.80 Å². The smallest absolute Gasteiger partial charge is 0.411 e. The molecule has 9 nitrogen and oxygen atoms in total. The van der Waals surface area contributed by atoms with Gasteiger partial charge < -0.3 is 23.8 Å². The molecular weight excluding hydrogens is 392 g/mol. The van der Waals surface area contributed by atoms with Gasteiger partial charge in [0.25, 0.3) is 0 Å². The predicted molar refractivity (Wildman–Crippen MR) is 111 cm³/mol. The number of unbranched alkanes of at least 4 members (excludes halogenated alkanes) is 1. The minimum atomic E-state index is -1.11. The predicted octanol–water partition coefficient (Wildman–Crippen LogP) is 3.26. The molecular formula is C21H38N2O7. The number of hydrogen-bond donors (Lipinski definition) is 0. The largest absolute Gasteiger partial charge is 0.469 e. The van der Waals surface area contributed by atoms with Crippen LogP contribution in [-0.2, 0) is 23.7 Å². The van der Waals surface area contributed by atoms with Crippen LogP contribution in [0, 0.1) is 10.8 Å². The van der Waals surface area contributed by atoms with E-state index in [9.17, 15) is 14.4 Å². The molecule has 1 aliphatic heterocycles. The Bertz CT molecular complexity index is 615. The molecule has 0 radical (unpaired) electrons. The van der Waals surface area contributed by atoms with E-state index < -0.39 is 47.4 Å². The van der Waals surface area contributed by atoms with Gasteiger partial charge in [-0.2, -0.15) is 0 Å². The standard InChI is InChI=1S/C21H38N2O7/c1-10-11-12-22(18(25)28-8)13-14-15(21(5,6)17(24)27-7)23(19(26)29-9)16(30-14)20(2,3)4/h14-16H,10-13H2,1-9H3/t14-,15+,16-/m1/s1. The molecule has 9 heteroatoms. The molecule has 1 rings (SSSR count). The van der Waals surface area contributed by atoms with E-state index in [1.165, 1.54) is 26.2 Å². The molecule has 1 fully saturated rings. The van der Waals surface area contributed by atoms with Crippen LogP contribution in [-0.4, -0.2) is 80.7 Å². The van der Waals surface area contributed by atoms with Crippen LogP contribution in [0.2, 0.25) is 0 Å². The summed E-state index contributed by atoms with van der Waals surface area (Å²) >= 11 is 0. The van der Waals surface area contributed by atoms with Crippen molar-refractivity contribution in [2.24, 2.45) is 10.8 Å². The van der Waals surface area contributed by atoms with Crippen LogP contribution in [0.4, 0.5) is 9.59 Å². The lowest BCUT2D eigenvalue weighted by atomic mass is 9.80. The van der Waals surface area contributed by atoms with Crippen LogP contribution in [0.15, 0.2) is 0 Å². The molecule has 0 spiro atoms. The van der Waals surface area contributed by atoms with Gasteiger partial charge in [0.2, 0.25) is 0 Å². The highest BCUT2D eigenvalue weighted by Crippen LogP contribution is 2.43. The Hall–Kier alpha value is -2.03. The van der Waals surface area contributed by atoms with E-state index in [0.717, 1.165) is 12.8 Å². The van der Waals surface area contributed by atoms with E-state index in [1.54, 1.807) is 18.7 Å². The number of nitrogens with zero attached hydrogens (tertiary/aromatic N) is 2. The average Bonchev–Trinajstić information content (AvgIpc) is 3.09. The summed E-state index contributed by atoms with van der Waals surface area (Å²) in [5.74, 6) is -0.484. The molecule has 0 unspecified atom stereocenters. The Kier molecular flexibility index (Phi) is 8.95. The van der Waals surface area contributed by atoms with Crippen molar-refractivity contribution in [3.05, 3.63) is 0 Å². The first-order valence-electron chi connectivity index (χ1n) is 10.3. The van der Waals surface area contributed by atoms with Crippen LogP contribution in [0.1, 0.15) is 54.4 Å². The SMILES string of the molecule is CCCCN(C[C@H]1O[C@H](C(C)(C)C)N(C(=O)OC)[C@@H]1C(C)(C)C(=O)OC)C(=O)OC. The van der Waals surface area contributed by atoms with Crippen molar-refractivity contribution in [3.8, 4) is 0 Å². The normalized spacial score (nSPS) is 21.9. The van der Waals surface area contributed by atoms with Crippen molar-refractivity contribution in [1.29, 1.82) is 0 Å². The number of carbonyl (C=O) groups is 3. The number of ether oxygens (including phenoxy) is 4. The summed E-state index contributed by atoms with van der Waals surface area (Å²) in [5.41, 5.74) is -1.58. The zero-order chi connectivity index (χ0) is 23.3. The van der Waals surface area contributed by atoms with E-state index in [1.807, 2.05) is 27.7 Å². The van der Waals surface area contributed by atoms with Gasteiger partial charge in [0, 0.05) is 12.0 Å². The Labute approximate surface area is 179 Å². The summed E-state index contributed by atoms with van der Waals surface area (Å²) in [5, 5.41) is 0. The highest BCUT2D eigenvalue weighted by Gasteiger charge is 2.58. The third-order valence-corrected chi connectivity index (χ3v) is 5.40. The molecule has 0 aromatic heterocycles. The lowest BCUT2D eigenvalue weighted by Gasteiger charge is -2.40. The van der Waals surface area contributed by atoms with Gasteiger partial charge in [0.1, 0.15) is 6.23 Å². The van der Waals surface area contributed by atoms with E-state index in [2.05, 4.69) is 0 Å². The summed E-state index contributed by atoms with van der Waals surface area (Å²) in [6, 6.07) is -0.713. The molecule has 0 saturated carbocycles. The first-order chi connectivity index (χ1) is 13.9. The van der Waals surface area contributed by atoms with Crippen LogP contribution >= 0.6 is 0 Å². The van der Waals surface area contributed by atoms with Gasteiger partial charge in [0.05, 0.1) is 45.4 Å². The lowest BCUT2D eigenvalue weighted by Crippen LogP contribution is -2.57. The quantitative estimate of drug-likeness (QED) is 0.452. The first kappa shape index (κ1) is 26.0. The molecule has 2 amide bonds. The second-order valence-corrected chi connectivity index (χ2v) is 9.20. The second kappa shape index (κ2) is 10.3.